The minimum absolute atomic E-state index is 0.683. The van der Waals surface area contributed by atoms with E-state index >= 15 is 0 Å². The van der Waals surface area contributed by atoms with Crippen LogP contribution in [0.5, 0.6) is 0 Å². The normalized spacial score (nSPS) is 9.38. The van der Waals surface area contributed by atoms with Gasteiger partial charge in [0.05, 0.1) is 11.4 Å². The lowest BCUT2D eigenvalue weighted by Crippen LogP contribution is -2.21. The summed E-state index contributed by atoms with van der Waals surface area (Å²) < 4.78 is 0. The standard InChI is InChI=1S/C10H14N2O/c1-3-12(8-13)10-7-5-4-6-9(10)11-2/h4-8,11H,3H2,1-2H3. The molecule has 0 spiro atoms. The second-order valence-electron chi connectivity index (χ2n) is 2.66. The fourth-order valence-corrected chi connectivity index (χ4v) is 1.24. The Bertz CT molecular complexity index is 286. The maximum atomic E-state index is 10.7. The van der Waals surface area contributed by atoms with Gasteiger partial charge in [0.25, 0.3) is 0 Å². The number of carbonyl (C=O) groups excluding carboxylic acids is 1. The molecule has 13 heavy (non-hydrogen) atoms. The molecule has 1 amide bonds. The maximum Gasteiger partial charge on any atom is 0.214 e. The smallest absolute Gasteiger partial charge is 0.214 e. The van der Waals surface area contributed by atoms with Gasteiger partial charge in [0, 0.05) is 13.6 Å². The van der Waals surface area contributed by atoms with E-state index in [-0.39, 0.29) is 0 Å². The molecular weight excluding hydrogens is 164 g/mol. The highest BCUT2D eigenvalue weighted by Crippen LogP contribution is 2.23. The van der Waals surface area contributed by atoms with Crippen molar-refractivity contribution < 1.29 is 4.79 Å². The lowest BCUT2D eigenvalue weighted by atomic mass is 10.2. The summed E-state index contributed by atoms with van der Waals surface area (Å²) >= 11 is 0. The molecule has 0 aliphatic rings. The molecule has 0 fully saturated rings. The third-order valence-electron chi connectivity index (χ3n) is 1.95. The fraction of sp³-hybridized carbons (Fsp3) is 0.300. The van der Waals surface area contributed by atoms with Gasteiger partial charge in [-0.15, -0.1) is 0 Å². The number of hydrogen-bond acceptors (Lipinski definition) is 2. The zero-order chi connectivity index (χ0) is 9.68. The molecule has 1 N–H and O–H groups in total. The number of anilines is 2. The Labute approximate surface area is 78.4 Å². The first-order chi connectivity index (χ1) is 6.33. The maximum absolute atomic E-state index is 10.7. The van der Waals surface area contributed by atoms with Crippen molar-refractivity contribution in [2.75, 3.05) is 23.8 Å². The van der Waals surface area contributed by atoms with Crippen LogP contribution < -0.4 is 10.2 Å². The van der Waals surface area contributed by atoms with E-state index in [1.807, 2.05) is 38.2 Å². The lowest BCUT2D eigenvalue weighted by Gasteiger charge is -2.18. The molecule has 0 atom stereocenters. The van der Waals surface area contributed by atoms with Crippen LogP contribution in [-0.2, 0) is 4.79 Å². The van der Waals surface area contributed by atoms with Crippen molar-refractivity contribution in [1.82, 2.24) is 0 Å². The van der Waals surface area contributed by atoms with Gasteiger partial charge in [0.1, 0.15) is 0 Å². The largest absolute Gasteiger partial charge is 0.386 e. The van der Waals surface area contributed by atoms with E-state index in [1.54, 1.807) is 4.90 Å². The first kappa shape index (κ1) is 9.58. The molecule has 0 aliphatic carbocycles. The number of carbonyl (C=O) groups is 1. The van der Waals surface area contributed by atoms with Crippen LogP contribution in [0.3, 0.4) is 0 Å². The second-order valence-corrected chi connectivity index (χ2v) is 2.66. The highest BCUT2D eigenvalue weighted by atomic mass is 16.1. The minimum atomic E-state index is 0.683. The van der Waals surface area contributed by atoms with E-state index in [0.29, 0.717) is 6.54 Å². The molecule has 0 saturated heterocycles. The predicted octanol–water partition coefficient (Wildman–Crippen LogP) is 1.71. The average Bonchev–Trinajstić information content (AvgIpc) is 2.20. The van der Waals surface area contributed by atoms with Crippen molar-refractivity contribution >= 4 is 17.8 Å². The summed E-state index contributed by atoms with van der Waals surface area (Å²) in [6, 6.07) is 7.72. The molecule has 0 unspecified atom stereocenters. The second kappa shape index (κ2) is 4.50. The highest BCUT2D eigenvalue weighted by molar-refractivity contribution is 5.83. The molecule has 0 radical (unpaired) electrons. The number of nitrogens with one attached hydrogen (secondary N) is 1. The van der Waals surface area contributed by atoms with Crippen LogP contribution in [0.2, 0.25) is 0 Å². The Morgan fingerprint density at radius 1 is 1.46 bits per heavy atom. The number of nitrogens with zero attached hydrogens (tertiary/aromatic N) is 1. The van der Waals surface area contributed by atoms with Crippen LogP contribution in [-0.4, -0.2) is 20.0 Å². The van der Waals surface area contributed by atoms with Gasteiger partial charge in [-0.05, 0) is 19.1 Å². The Kier molecular flexibility index (Phi) is 3.31. The highest BCUT2D eigenvalue weighted by Gasteiger charge is 2.05. The molecule has 0 aromatic heterocycles. The molecular formula is C10H14N2O. The van der Waals surface area contributed by atoms with Crippen molar-refractivity contribution in [2.45, 2.75) is 6.92 Å². The van der Waals surface area contributed by atoms with E-state index in [1.165, 1.54) is 0 Å². The summed E-state index contributed by atoms with van der Waals surface area (Å²) in [7, 11) is 1.84. The number of amides is 1. The number of para-hydroxylation sites is 2. The molecule has 70 valence electrons. The summed E-state index contributed by atoms with van der Waals surface area (Å²) in [4.78, 5) is 12.4. The van der Waals surface area contributed by atoms with E-state index < -0.39 is 0 Å². The summed E-state index contributed by atoms with van der Waals surface area (Å²) in [6.07, 6.45) is 0.843. The Morgan fingerprint density at radius 3 is 2.69 bits per heavy atom. The fourth-order valence-electron chi connectivity index (χ4n) is 1.24. The molecule has 0 heterocycles. The molecule has 3 nitrogen and oxygen atoms in total. The SMILES string of the molecule is CCN(C=O)c1ccccc1NC. The molecule has 1 rings (SSSR count). The first-order valence-corrected chi connectivity index (χ1v) is 4.32. The minimum Gasteiger partial charge on any atom is -0.386 e. The van der Waals surface area contributed by atoms with Crippen LogP contribution in [0.25, 0.3) is 0 Å². The monoisotopic (exact) mass is 178 g/mol. The van der Waals surface area contributed by atoms with Gasteiger partial charge in [0.15, 0.2) is 0 Å². The lowest BCUT2D eigenvalue weighted by molar-refractivity contribution is -0.107. The van der Waals surface area contributed by atoms with Gasteiger partial charge < -0.3 is 10.2 Å². The predicted molar refractivity (Wildman–Crippen MR) is 55.1 cm³/mol. The van der Waals surface area contributed by atoms with Crippen molar-refractivity contribution in [3.8, 4) is 0 Å². The zero-order valence-electron chi connectivity index (χ0n) is 7.95. The van der Waals surface area contributed by atoms with E-state index in [2.05, 4.69) is 5.32 Å². The molecule has 3 heteroatoms. The van der Waals surface area contributed by atoms with Crippen LogP contribution in [0.1, 0.15) is 6.92 Å². The van der Waals surface area contributed by atoms with Gasteiger partial charge in [0.2, 0.25) is 6.41 Å². The summed E-state index contributed by atoms with van der Waals surface area (Å²) in [6.45, 7) is 2.63. The first-order valence-electron chi connectivity index (χ1n) is 4.32. The number of rotatable bonds is 4. The summed E-state index contributed by atoms with van der Waals surface area (Å²) in [5.74, 6) is 0. The topological polar surface area (TPSA) is 32.3 Å². The third-order valence-corrected chi connectivity index (χ3v) is 1.95. The van der Waals surface area contributed by atoms with Crippen LogP contribution in [0.15, 0.2) is 24.3 Å². The van der Waals surface area contributed by atoms with Gasteiger partial charge in [-0.25, -0.2) is 0 Å². The van der Waals surface area contributed by atoms with Crippen molar-refractivity contribution in [1.29, 1.82) is 0 Å². The molecule has 0 bridgehead atoms. The van der Waals surface area contributed by atoms with Gasteiger partial charge in [-0.3, -0.25) is 4.79 Å². The van der Waals surface area contributed by atoms with Crippen LogP contribution in [0, 0.1) is 0 Å². The van der Waals surface area contributed by atoms with Crippen molar-refractivity contribution in [3.63, 3.8) is 0 Å². The third kappa shape index (κ3) is 1.99. The van der Waals surface area contributed by atoms with Gasteiger partial charge in [-0.2, -0.15) is 0 Å². The van der Waals surface area contributed by atoms with E-state index in [0.717, 1.165) is 17.8 Å². The van der Waals surface area contributed by atoms with Gasteiger partial charge in [-0.1, -0.05) is 12.1 Å². The number of benzene rings is 1. The number of hydrogen-bond donors (Lipinski definition) is 1. The van der Waals surface area contributed by atoms with Gasteiger partial charge >= 0.3 is 0 Å². The Morgan fingerprint density at radius 2 is 2.15 bits per heavy atom. The Hall–Kier alpha value is -1.51. The van der Waals surface area contributed by atoms with E-state index in [4.69, 9.17) is 0 Å². The molecule has 1 aromatic carbocycles. The van der Waals surface area contributed by atoms with Crippen molar-refractivity contribution in [3.05, 3.63) is 24.3 Å². The molecule has 0 aliphatic heterocycles. The quantitative estimate of drug-likeness (QED) is 0.712. The Balaban J connectivity index is 3.03. The average molecular weight is 178 g/mol. The van der Waals surface area contributed by atoms with E-state index in [9.17, 15) is 4.79 Å². The van der Waals surface area contributed by atoms with Crippen LogP contribution >= 0.6 is 0 Å². The summed E-state index contributed by atoms with van der Waals surface area (Å²) in [5, 5.41) is 3.04. The zero-order valence-corrected chi connectivity index (χ0v) is 7.95. The van der Waals surface area contributed by atoms with Crippen molar-refractivity contribution in [2.24, 2.45) is 0 Å². The summed E-state index contributed by atoms with van der Waals surface area (Å²) in [5.41, 5.74) is 1.89. The van der Waals surface area contributed by atoms with Crippen LogP contribution in [0.4, 0.5) is 11.4 Å². The molecule has 0 saturated carbocycles. The molecule has 1 aromatic rings.